The summed E-state index contributed by atoms with van der Waals surface area (Å²) in [5, 5.41) is 1.60. The van der Waals surface area contributed by atoms with Crippen molar-refractivity contribution in [1.29, 1.82) is 0 Å². The lowest BCUT2D eigenvalue weighted by Crippen LogP contribution is -2.36. The summed E-state index contributed by atoms with van der Waals surface area (Å²) in [4.78, 5) is 7.51. The van der Waals surface area contributed by atoms with Crippen LogP contribution < -0.4 is 5.30 Å². The molecule has 0 N–H and O–H groups in total. The number of hydrogen-bond acceptors (Lipinski definition) is 4. The summed E-state index contributed by atoms with van der Waals surface area (Å²) in [7, 11) is -2.46. The van der Waals surface area contributed by atoms with Crippen LogP contribution in [-0.2, 0) is 17.3 Å². The van der Waals surface area contributed by atoms with Crippen LogP contribution in [0.2, 0.25) is 0 Å². The average molecular weight is 539 g/mol. The number of benzene rings is 3. The summed E-state index contributed by atoms with van der Waals surface area (Å²) in [5.41, 5.74) is 2.41. The topological polar surface area (TPSA) is 33.2 Å². The quantitative estimate of drug-likeness (QED) is 0.239. The van der Waals surface area contributed by atoms with Gasteiger partial charge in [-0.2, -0.15) is 13.2 Å². The Kier molecular flexibility index (Phi) is 7.57. The maximum Gasteiger partial charge on any atom is 0.416 e. The standard InChI is InChI=1S/C29H26F3N2OPS/c30-29(31,32)24-10-14-26(15-11-24)37-28-27(7-4-16-33-28)23-8-12-25(13-9-23)36(35)19-17-34(18-20-36)21-22-5-2-1-3-6-22/h1-16H,17-21H2. The highest BCUT2D eigenvalue weighted by Gasteiger charge is 2.31. The fourth-order valence-corrected chi connectivity index (χ4v) is 8.06. The molecule has 1 saturated heterocycles. The van der Waals surface area contributed by atoms with E-state index in [4.69, 9.17) is 0 Å². The second-order valence-corrected chi connectivity index (χ2v) is 13.4. The smallest absolute Gasteiger partial charge is 0.319 e. The first-order chi connectivity index (χ1) is 17.8. The van der Waals surface area contributed by atoms with E-state index in [0.717, 1.165) is 48.2 Å². The minimum absolute atomic E-state index is 0.668. The van der Waals surface area contributed by atoms with Gasteiger partial charge in [-0.1, -0.05) is 72.4 Å². The number of alkyl halides is 3. The highest BCUT2D eigenvalue weighted by molar-refractivity contribution is 7.99. The zero-order valence-electron chi connectivity index (χ0n) is 20.1. The van der Waals surface area contributed by atoms with Gasteiger partial charge < -0.3 is 4.57 Å². The summed E-state index contributed by atoms with van der Waals surface area (Å²) in [5.74, 6) is 0. The molecule has 3 aromatic carbocycles. The summed E-state index contributed by atoms with van der Waals surface area (Å²) in [6.45, 7) is 2.50. The molecule has 0 bridgehead atoms. The van der Waals surface area contributed by atoms with Gasteiger partial charge >= 0.3 is 6.18 Å². The van der Waals surface area contributed by atoms with Crippen LogP contribution in [0.3, 0.4) is 0 Å². The van der Waals surface area contributed by atoms with Crippen LogP contribution in [0.15, 0.2) is 107 Å². The predicted molar refractivity (Wildman–Crippen MR) is 144 cm³/mol. The van der Waals surface area contributed by atoms with Crippen LogP contribution in [0.4, 0.5) is 13.2 Å². The molecule has 1 aliphatic heterocycles. The number of aromatic nitrogens is 1. The molecule has 1 aliphatic rings. The molecule has 1 aromatic heterocycles. The van der Waals surface area contributed by atoms with Crippen LogP contribution in [0.5, 0.6) is 0 Å². The molecule has 0 amide bonds. The first kappa shape index (κ1) is 25.8. The third kappa shape index (κ3) is 6.18. The Bertz CT molecular complexity index is 1380. The van der Waals surface area contributed by atoms with Crippen molar-refractivity contribution < 1.29 is 17.7 Å². The fourth-order valence-electron chi connectivity index (χ4n) is 4.52. The van der Waals surface area contributed by atoms with E-state index in [1.807, 2.05) is 54.6 Å². The van der Waals surface area contributed by atoms with Gasteiger partial charge in [-0.3, -0.25) is 4.90 Å². The Balaban J connectivity index is 1.28. The van der Waals surface area contributed by atoms with E-state index in [-0.39, 0.29) is 0 Å². The first-order valence-corrected chi connectivity index (χ1v) is 15.0. The summed E-state index contributed by atoms with van der Waals surface area (Å²) in [6.07, 6.45) is -1.35. The van der Waals surface area contributed by atoms with Gasteiger partial charge in [0.2, 0.25) is 0 Å². The van der Waals surface area contributed by atoms with E-state index in [1.54, 1.807) is 6.20 Å². The van der Waals surface area contributed by atoms with E-state index in [2.05, 4.69) is 22.0 Å². The Labute approximate surface area is 219 Å². The molecule has 4 aromatic rings. The molecular weight excluding hydrogens is 512 g/mol. The molecular formula is C29H26F3N2OPS. The SMILES string of the molecule is O=P1(c2ccc(-c3cccnc3Sc3ccc(C(F)(F)F)cc3)cc2)CCN(Cc2ccccc2)CC1. The van der Waals surface area contributed by atoms with Crippen molar-refractivity contribution in [3.63, 3.8) is 0 Å². The molecule has 1 fully saturated rings. The number of pyridine rings is 1. The maximum absolute atomic E-state index is 13.8. The van der Waals surface area contributed by atoms with Crippen molar-refractivity contribution in [2.45, 2.75) is 22.6 Å². The van der Waals surface area contributed by atoms with Gasteiger partial charge in [0, 0.05) is 53.9 Å². The third-order valence-corrected chi connectivity index (χ3v) is 10.7. The van der Waals surface area contributed by atoms with Crippen molar-refractivity contribution in [2.75, 3.05) is 25.4 Å². The molecule has 0 saturated carbocycles. The summed E-state index contributed by atoms with van der Waals surface area (Å²) in [6, 6.07) is 27.1. The number of hydrogen-bond donors (Lipinski definition) is 0. The van der Waals surface area contributed by atoms with Gasteiger partial charge in [-0.05, 0) is 41.5 Å². The minimum atomic E-state index is -4.36. The highest BCUT2D eigenvalue weighted by atomic mass is 32.2. The van der Waals surface area contributed by atoms with Crippen molar-refractivity contribution in [1.82, 2.24) is 9.88 Å². The van der Waals surface area contributed by atoms with Crippen molar-refractivity contribution in [3.05, 3.63) is 108 Å². The highest BCUT2D eigenvalue weighted by Crippen LogP contribution is 2.47. The molecule has 3 nitrogen and oxygen atoms in total. The monoisotopic (exact) mass is 538 g/mol. The minimum Gasteiger partial charge on any atom is -0.319 e. The van der Waals surface area contributed by atoms with E-state index < -0.39 is 18.9 Å². The molecule has 2 heterocycles. The second-order valence-electron chi connectivity index (χ2n) is 9.13. The van der Waals surface area contributed by atoms with Gasteiger partial charge in [0.25, 0.3) is 0 Å². The zero-order chi connectivity index (χ0) is 25.9. The van der Waals surface area contributed by atoms with E-state index >= 15 is 0 Å². The fraction of sp³-hybridized carbons (Fsp3) is 0.207. The van der Waals surface area contributed by atoms with Crippen LogP contribution in [0.25, 0.3) is 11.1 Å². The molecule has 0 spiro atoms. The van der Waals surface area contributed by atoms with Crippen molar-refractivity contribution >= 4 is 24.2 Å². The Morgan fingerprint density at radius 1 is 0.838 bits per heavy atom. The van der Waals surface area contributed by atoms with E-state index in [9.17, 15) is 17.7 Å². The predicted octanol–water partition coefficient (Wildman–Crippen LogP) is 7.42. The summed E-state index contributed by atoms with van der Waals surface area (Å²) >= 11 is 1.32. The van der Waals surface area contributed by atoms with E-state index in [1.165, 1.54) is 29.5 Å². The van der Waals surface area contributed by atoms with Gasteiger partial charge in [0.15, 0.2) is 0 Å². The lowest BCUT2D eigenvalue weighted by atomic mass is 10.1. The normalized spacial score (nSPS) is 16.0. The molecule has 37 heavy (non-hydrogen) atoms. The number of halogens is 3. The zero-order valence-corrected chi connectivity index (χ0v) is 21.8. The number of nitrogens with zero attached hydrogens (tertiary/aromatic N) is 2. The molecule has 0 atom stereocenters. The van der Waals surface area contributed by atoms with Crippen LogP contribution >= 0.6 is 18.9 Å². The largest absolute Gasteiger partial charge is 0.416 e. The van der Waals surface area contributed by atoms with Gasteiger partial charge in [0.05, 0.1) is 5.56 Å². The molecule has 190 valence electrons. The maximum atomic E-state index is 13.8. The number of rotatable bonds is 6. The lowest BCUT2D eigenvalue weighted by Gasteiger charge is -2.32. The lowest BCUT2D eigenvalue weighted by molar-refractivity contribution is -0.137. The van der Waals surface area contributed by atoms with Gasteiger partial charge in [-0.15, -0.1) is 0 Å². The van der Waals surface area contributed by atoms with Gasteiger partial charge in [-0.25, -0.2) is 4.98 Å². The Morgan fingerprint density at radius 3 is 2.16 bits per heavy atom. The van der Waals surface area contributed by atoms with Crippen molar-refractivity contribution in [2.24, 2.45) is 0 Å². The molecule has 8 heteroatoms. The van der Waals surface area contributed by atoms with Crippen LogP contribution in [-0.4, -0.2) is 35.3 Å². The molecule has 5 rings (SSSR count). The second kappa shape index (κ2) is 10.9. The van der Waals surface area contributed by atoms with Crippen LogP contribution in [0.1, 0.15) is 11.1 Å². The Morgan fingerprint density at radius 2 is 1.51 bits per heavy atom. The summed E-state index contributed by atoms with van der Waals surface area (Å²) < 4.78 is 52.4. The first-order valence-electron chi connectivity index (χ1n) is 12.1. The van der Waals surface area contributed by atoms with E-state index in [0.29, 0.717) is 22.2 Å². The van der Waals surface area contributed by atoms with Crippen LogP contribution in [0, 0.1) is 0 Å². The Hall–Kier alpha value is -2.86. The molecule has 0 radical (unpaired) electrons. The molecule has 0 unspecified atom stereocenters. The van der Waals surface area contributed by atoms with Gasteiger partial charge in [0.1, 0.15) is 12.2 Å². The average Bonchev–Trinajstić information content (AvgIpc) is 2.91. The van der Waals surface area contributed by atoms with Crippen molar-refractivity contribution in [3.8, 4) is 11.1 Å². The third-order valence-electron chi connectivity index (χ3n) is 6.62. The molecule has 0 aliphatic carbocycles.